The molecule has 3 heteroatoms. The van der Waals surface area contributed by atoms with Crippen LogP contribution in [-0.2, 0) is 11.4 Å². The summed E-state index contributed by atoms with van der Waals surface area (Å²) in [5, 5.41) is 1.41. The highest BCUT2D eigenvalue weighted by Crippen LogP contribution is 2.22. The monoisotopic (exact) mass is 343 g/mol. The lowest BCUT2D eigenvalue weighted by Gasteiger charge is -2.26. The Kier molecular flexibility index (Phi) is 5.96. The molecule has 0 fully saturated rings. The third-order valence-electron chi connectivity index (χ3n) is 4.00. The van der Waals surface area contributed by atoms with Crippen LogP contribution in [0.2, 0.25) is 0 Å². The molecule has 0 spiro atoms. The number of benzene rings is 3. The first-order valence-corrected chi connectivity index (χ1v) is 8.53. The Hall–Kier alpha value is -3.17. The van der Waals surface area contributed by atoms with Crippen molar-refractivity contribution in [2.45, 2.75) is 12.6 Å². The number of carbonyl (C=O) groups excluding carboxylic acids is 1. The van der Waals surface area contributed by atoms with Gasteiger partial charge in [0.25, 0.3) is 5.91 Å². The zero-order valence-corrected chi connectivity index (χ0v) is 14.5. The van der Waals surface area contributed by atoms with Gasteiger partial charge in [0.15, 0.2) is 0 Å². The van der Waals surface area contributed by atoms with E-state index in [0.29, 0.717) is 12.1 Å². The second kappa shape index (κ2) is 8.79. The maximum atomic E-state index is 13.0. The van der Waals surface area contributed by atoms with Crippen molar-refractivity contribution in [2.24, 2.45) is 0 Å². The van der Waals surface area contributed by atoms with Gasteiger partial charge in [0.05, 0.1) is 6.54 Å². The lowest BCUT2D eigenvalue weighted by Crippen LogP contribution is -2.32. The highest BCUT2D eigenvalue weighted by Gasteiger charge is 2.21. The second-order valence-electron chi connectivity index (χ2n) is 5.87. The molecule has 0 bridgehead atoms. The number of amides is 1. The van der Waals surface area contributed by atoms with Gasteiger partial charge in [-0.15, -0.1) is 6.58 Å². The van der Waals surface area contributed by atoms with E-state index < -0.39 is 6.10 Å². The van der Waals surface area contributed by atoms with Crippen LogP contribution < -0.4 is 0 Å². The summed E-state index contributed by atoms with van der Waals surface area (Å²) < 4.78 is 0. The molecule has 0 aliphatic carbocycles. The molecule has 3 aromatic carbocycles. The van der Waals surface area contributed by atoms with Crippen molar-refractivity contribution < 1.29 is 9.63 Å². The smallest absolute Gasteiger partial charge is 0.267 e. The topological polar surface area (TPSA) is 29.5 Å². The van der Waals surface area contributed by atoms with Gasteiger partial charge in [-0.3, -0.25) is 9.63 Å². The predicted octanol–water partition coefficient (Wildman–Crippen LogP) is 5.19. The van der Waals surface area contributed by atoms with E-state index in [9.17, 15) is 4.79 Å². The quantitative estimate of drug-likeness (QED) is 0.436. The molecule has 0 unspecified atom stereocenters. The van der Waals surface area contributed by atoms with Gasteiger partial charge in [0.2, 0.25) is 0 Å². The molecule has 26 heavy (non-hydrogen) atoms. The molecule has 0 radical (unpaired) electrons. The van der Waals surface area contributed by atoms with Crippen LogP contribution in [0.15, 0.2) is 104 Å². The lowest BCUT2D eigenvalue weighted by atomic mass is 10.1. The summed E-state index contributed by atoms with van der Waals surface area (Å²) in [6, 6.07) is 28.7. The highest BCUT2D eigenvalue weighted by molar-refractivity contribution is 5.93. The van der Waals surface area contributed by atoms with Crippen LogP contribution in [0, 0.1) is 0 Å². The minimum atomic E-state index is -0.410. The zero-order valence-electron chi connectivity index (χ0n) is 14.5. The molecular formula is C23H21NO2. The third kappa shape index (κ3) is 4.47. The summed E-state index contributed by atoms with van der Waals surface area (Å²) in [5.41, 5.74) is 2.52. The third-order valence-corrected chi connectivity index (χ3v) is 4.00. The van der Waals surface area contributed by atoms with E-state index in [1.54, 1.807) is 18.2 Å². The van der Waals surface area contributed by atoms with Crippen molar-refractivity contribution in [3.8, 4) is 0 Å². The van der Waals surface area contributed by atoms with Crippen molar-refractivity contribution in [2.75, 3.05) is 0 Å². The largest absolute Gasteiger partial charge is 0.277 e. The molecule has 3 rings (SSSR count). The van der Waals surface area contributed by atoms with E-state index >= 15 is 0 Å². The first-order chi connectivity index (χ1) is 12.8. The number of nitrogens with zero attached hydrogens (tertiary/aromatic N) is 1. The van der Waals surface area contributed by atoms with Crippen LogP contribution in [0.4, 0.5) is 0 Å². The van der Waals surface area contributed by atoms with Gasteiger partial charge in [0, 0.05) is 5.56 Å². The van der Waals surface area contributed by atoms with E-state index in [0.717, 1.165) is 11.1 Å². The van der Waals surface area contributed by atoms with E-state index in [-0.39, 0.29) is 5.91 Å². The van der Waals surface area contributed by atoms with E-state index in [1.165, 1.54) is 5.06 Å². The molecule has 1 atom stereocenters. The fourth-order valence-electron chi connectivity index (χ4n) is 2.65. The van der Waals surface area contributed by atoms with Gasteiger partial charge in [0.1, 0.15) is 6.10 Å². The minimum Gasteiger partial charge on any atom is -0.267 e. The summed E-state index contributed by atoms with van der Waals surface area (Å²) in [5.74, 6) is -0.183. The van der Waals surface area contributed by atoms with Gasteiger partial charge in [-0.05, 0) is 23.3 Å². The van der Waals surface area contributed by atoms with Gasteiger partial charge < -0.3 is 0 Å². The second-order valence-corrected chi connectivity index (χ2v) is 5.87. The van der Waals surface area contributed by atoms with Crippen molar-refractivity contribution in [1.29, 1.82) is 0 Å². The summed E-state index contributed by atoms with van der Waals surface area (Å²) in [4.78, 5) is 19.1. The zero-order chi connectivity index (χ0) is 18.2. The van der Waals surface area contributed by atoms with Crippen LogP contribution in [0.3, 0.4) is 0 Å². The first-order valence-electron chi connectivity index (χ1n) is 8.53. The first kappa shape index (κ1) is 17.6. The predicted molar refractivity (Wildman–Crippen MR) is 103 cm³/mol. The number of hydroxylamine groups is 2. The van der Waals surface area contributed by atoms with Gasteiger partial charge >= 0.3 is 0 Å². The van der Waals surface area contributed by atoms with Crippen molar-refractivity contribution in [3.63, 3.8) is 0 Å². The fraction of sp³-hybridized carbons (Fsp3) is 0.0870. The average molecular weight is 343 g/mol. The molecule has 0 N–H and O–H groups in total. The molecular weight excluding hydrogens is 322 g/mol. The Morgan fingerprint density at radius 3 is 2.00 bits per heavy atom. The number of hydrogen-bond donors (Lipinski definition) is 0. The van der Waals surface area contributed by atoms with Crippen LogP contribution in [0.1, 0.15) is 27.6 Å². The molecule has 1 amide bonds. The summed E-state index contributed by atoms with van der Waals surface area (Å²) in [6.45, 7) is 4.22. The highest BCUT2D eigenvalue weighted by atomic mass is 16.7. The molecule has 0 heterocycles. The Bertz CT molecular complexity index is 832. The van der Waals surface area contributed by atoms with Gasteiger partial charge in [-0.2, -0.15) is 0 Å². The van der Waals surface area contributed by atoms with E-state index in [2.05, 4.69) is 6.58 Å². The van der Waals surface area contributed by atoms with E-state index in [1.807, 2.05) is 78.9 Å². The molecule has 0 aliphatic rings. The normalized spacial score (nSPS) is 11.5. The summed E-state index contributed by atoms with van der Waals surface area (Å²) >= 11 is 0. The maximum Gasteiger partial charge on any atom is 0.277 e. The summed E-state index contributed by atoms with van der Waals surface area (Å²) in [6.07, 6.45) is 1.29. The molecule has 3 nitrogen and oxygen atoms in total. The number of carbonyl (C=O) groups is 1. The average Bonchev–Trinajstić information content (AvgIpc) is 2.72. The van der Waals surface area contributed by atoms with Crippen LogP contribution in [-0.4, -0.2) is 11.0 Å². The number of rotatable bonds is 7. The molecule has 130 valence electrons. The fourth-order valence-corrected chi connectivity index (χ4v) is 2.65. The van der Waals surface area contributed by atoms with Crippen molar-refractivity contribution in [1.82, 2.24) is 5.06 Å². The Morgan fingerprint density at radius 1 is 0.885 bits per heavy atom. The molecule has 0 aromatic heterocycles. The van der Waals surface area contributed by atoms with E-state index in [4.69, 9.17) is 4.84 Å². The molecule has 0 saturated carbocycles. The molecule has 0 saturated heterocycles. The summed E-state index contributed by atoms with van der Waals surface area (Å²) in [7, 11) is 0. The van der Waals surface area contributed by atoms with Crippen molar-refractivity contribution >= 4 is 5.91 Å². The molecule has 0 aliphatic heterocycles. The van der Waals surface area contributed by atoms with Crippen molar-refractivity contribution in [3.05, 3.63) is 120 Å². The Morgan fingerprint density at radius 2 is 1.42 bits per heavy atom. The van der Waals surface area contributed by atoms with Crippen LogP contribution >= 0.6 is 0 Å². The minimum absolute atomic E-state index is 0.183. The molecule has 3 aromatic rings. The Labute approximate surface area is 154 Å². The van der Waals surface area contributed by atoms with Gasteiger partial charge in [-0.1, -0.05) is 84.9 Å². The SMILES string of the molecule is C=C[C@H](ON(Cc1ccccc1)C(=O)c1ccccc1)c1ccccc1. The van der Waals surface area contributed by atoms with Crippen LogP contribution in [0.25, 0.3) is 0 Å². The maximum absolute atomic E-state index is 13.0. The standard InChI is InChI=1S/C23H21NO2/c1-2-22(20-14-8-4-9-15-20)26-24(18-19-12-6-3-7-13-19)23(25)21-16-10-5-11-17-21/h2-17,22H,1,18H2/t22-/m0/s1. The van der Waals surface area contributed by atoms with Crippen LogP contribution in [0.5, 0.6) is 0 Å². The van der Waals surface area contributed by atoms with Gasteiger partial charge in [-0.25, -0.2) is 5.06 Å². The Balaban J connectivity index is 1.87. The lowest BCUT2D eigenvalue weighted by molar-refractivity contribution is -0.157. The number of hydrogen-bond acceptors (Lipinski definition) is 2.